The van der Waals surface area contributed by atoms with Crippen molar-refractivity contribution >= 4 is 17.6 Å². The van der Waals surface area contributed by atoms with Gasteiger partial charge in [0.25, 0.3) is 0 Å². The fourth-order valence-corrected chi connectivity index (χ4v) is 1.76. The molecule has 2 amide bonds. The number of hydrogen-bond acceptors (Lipinski definition) is 6. The van der Waals surface area contributed by atoms with E-state index >= 15 is 0 Å². The Bertz CT molecular complexity index is 376. The maximum atomic E-state index is 11.3. The minimum Gasteiger partial charge on any atom is -0.379 e. The summed E-state index contributed by atoms with van der Waals surface area (Å²) in [6, 6.07) is 0. The Hall–Kier alpha value is -1.51. The van der Waals surface area contributed by atoms with E-state index < -0.39 is 0 Å². The number of nitrogens with one attached hydrogen (secondary N) is 2. The van der Waals surface area contributed by atoms with Crippen molar-refractivity contribution in [3.63, 3.8) is 0 Å². The molecule has 8 heteroatoms. The van der Waals surface area contributed by atoms with Crippen molar-refractivity contribution in [2.75, 3.05) is 52.7 Å². The number of Topliss-reactive ketones (excluding diaryl/α,β-unsaturated/α-hetero) is 1. The van der Waals surface area contributed by atoms with E-state index in [2.05, 4.69) is 10.6 Å². The van der Waals surface area contributed by atoms with Gasteiger partial charge in [-0.25, -0.2) is 0 Å². The zero-order chi connectivity index (χ0) is 18.8. The average molecular weight is 360 g/mol. The standard InChI is InChI=1S/C17H32N2O6/c1-15(20)5-6-17(22)19-8-4-10-24-12-14-25-13-11-23-9-3-7-18-16(2)21/h3-14H2,1-2H3,(H,18,21)(H,19,22). The molecule has 0 spiro atoms. The molecule has 0 rings (SSSR count). The Morgan fingerprint density at radius 1 is 0.680 bits per heavy atom. The highest BCUT2D eigenvalue weighted by molar-refractivity contribution is 5.83. The monoisotopic (exact) mass is 360 g/mol. The molecule has 8 nitrogen and oxygen atoms in total. The summed E-state index contributed by atoms with van der Waals surface area (Å²) in [5.74, 6) is -0.108. The molecule has 0 saturated heterocycles. The molecule has 0 aliphatic heterocycles. The second-order valence-corrected chi connectivity index (χ2v) is 5.58. The lowest BCUT2D eigenvalue weighted by Gasteiger charge is -2.07. The van der Waals surface area contributed by atoms with Crippen molar-refractivity contribution in [2.45, 2.75) is 39.5 Å². The highest BCUT2D eigenvalue weighted by Crippen LogP contribution is 1.90. The molecule has 0 saturated carbocycles. The van der Waals surface area contributed by atoms with Gasteiger partial charge in [0.2, 0.25) is 11.8 Å². The summed E-state index contributed by atoms with van der Waals surface area (Å²) in [4.78, 5) is 32.7. The summed E-state index contributed by atoms with van der Waals surface area (Å²) in [6.07, 6.45) is 2.05. The molecule has 2 N–H and O–H groups in total. The molecule has 0 fully saturated rings. The minimum absolute atomic E-state index is 0.0221. The van der Waals surface area contributed by atoms with Gasteiger partial charge < -0.3 is 29.6 Å². The lowest BCUT2D eigenvalue weighted by Crippen LogP contribution is -2.25. The van der Waals surface area contributed by atoms with Gasteiger partial charge in [-0.2, -0.15) is 0 Å². The molecular formula is C17H32N2O6. The highest BCUT2D eigenvalue weighted by Gasteiger charge is 2.02. The van der Waals surface area contributed by atoms with Crippen molar-refractivity contribution < 1.29 is 28.6 Å². The third kappa shape index (κ3) is 20.4. The number of carbonyl (C=O) groups excluding carboxylic acids is 3. The van der Waals surface area contributed by atoms with E-state index in [-0.39, 0.29) is 24.0 Å². The topological polar surface area (TPSA) is 103 Å². The Morgan fingerprint density at radius 3 is 1.64 bits per heavy atom. The van der Waals surface area contributed by atoms with Crippen molar-refractivity contribution in [1.29, 1.82) is 0 Å². The molecule has 0 radical (unpaired) electrons. The Kier molecular flexibility index (Phi) is 16.3. The van der Waals surface area contributed by atoms with Crippen LogP contribution in [0.2, 0.25) is 0 Å². The lowest BCUT2D eigenvalue weighted by molar-refractivity contribution is -0.124. The first-order valence-corrected chi connectivity index (χ1v) is 8.76. The van der Waals surface area contributed by atoms with Gasteiger partial charge in [-0.3, -0.25) is 9.59 Å². The van der Waals surface area contributed by atoms with Gasteiger partial charge in [0.05, 0.1) is 26.4 Å². The van der Waals surface area contributed by atoms with Gasteiger partial charge in [0.15, 0.2) is 0 Å². The first-order chi connectivity index (χ1) is 12.0. The summed E-state index contributed by atoms with van der Waals surface area (Å²) in [7, 11) is 0. The van der Waals surface area contributed by atoms with Crippen LogP contribution in [0.1, 0.15) is 39.5 Å². The summed E-state index contributed by atoms with van der Waals surface area (Å²) in [6.45, 7) is 7.32. The summed E-state index contributed by atoms with van der Waals surface area (Å²) in [5, 5.41) is 5.44. The fourth-order valence-electron chi connectivity index (χ4n) is 1.76. The van der Waals surface area contributed by atoms with Gasteiger partial charge in [-0.1, -0.05) is 0 Å². The Morgan fingerprint density at radius 2 is 1.16 bits per heavy atom. The molecule has 146 valence electrons. The number of carbonyl (C=O) groups is 3. The quantitative estimate of drug-likeness (QED) is 0.365. The van der Waals surface area contributed by atoms with E-state index in [0.29, 0.717) is 59.2 Å². The van der Waals surface area contributed by atoms with Crippen LogP contribution in [0.5, 0.6) is 0 Å². The summed E-state index contributed by atoms with van der Waals surface area (Å²) in [5.41, 5.74) is 0. The first kappa shape index (κ1) is 23.5. The summed E-state index contributed by atoms with van der Waals surface area (Å²) >= 11 is 0. The number of amides is 2. The van der Waals surface area contributed by atoms with Gasteiger partial charge in [0.1, 0.15) is 5.78 Å². The zero-order valence-corrected chi connectivity index (χ0v) is 15.4. The van der Waals surface area contributed by atoms with Gasteiger partial charge in [0, 0.05) is 46.1 Å². The van der Waals surface area contributed by atoms with E-state index in [1.54, 1.807) is 0 Å². The molecule has 0 aromatic rings. The molecule has 0 aliphatic carbocycles. The first-order valence-electron chi connectivity index (χ1n) is 8.76. The molecule has 0 aromatic carbocycles. The largest absolute Gasteiger partial charge is 0.379 e. The third-order valence-corrected chi connectivity index (χ3v) is 3.08. The number of rotatable bonds is 17. The van der Waals surface area contributed by atoms with Crippen LogP contribution in [-0.2, 0) is 28.6 Å². The number of hydrogen-bond donors (Lipinski definition) is 2. The second-order valence-electron chi connectivity index (χ2n) is 5.58. The second kappa shape index (κ2) is 17.3. The van der Waals surface area contributed by atoms with Crippen molar-refractivity contribution in [3.8, 4) is 0 Å². The van der Waals surface area contributed by atoms with Crippen LogP contribution in [0.15, 0.2) is 0 Å². The summed E-state index contributed by atoms with van der Waals surface area (Å²) < 4.78 is 16.1. The average Bonchev–Trinajstić information content (AvgIpc) is 2.56. The molecule has 0 aromatic heterocycles. The molecule has 0 unspecified atom stereocenters. The van der Waals surface area contributed by atoms with Crippen LogP contribution in [0, 0.1) is 0 Å². The minimum atomic E-state index is -0.101. The Labute approximate surface area is 150 Å². The maximum Gasteiger partial charge on any atom is 0.220 e. The number of ketones is 1. The fraction of sp³-hybridized carbons (Fsp3) is 0.824. The predicted octanol–water partition coefficient (Wildman–Crippen LogP) is 0.438. The van der Waals surface area contributed by atoms with Crippen LogP contribution >= 0.6 is 0 Å². The van der Waals surface area contributed by atoms with Gasteiger partial charge >= 0.3 is 0 Å². The smallest absolute Gasteiger partial charge is 0.220 e. The normalized spacial score (nSPS) is 10.5. The van der Waals surface area contributed by atoms with Crippen molar-refractivity contribution in [3.05, 3.63) is 0 Å². The molecular weight excluding hydrogens is 328 g/mol. The predicted molar refractivity (Wildman–Crippen MR) is 93.3 cm³/mol. The van der Waals surface area contributed by atoms with Crippen LogP contribution < -0.4 is 10.6 Å². The SMILES string of the molecule is CC(=O)CCC(=O)NCCCOCCOCCOCCCNC(C)=O. The van der Waals surface area contributed by atoms with Crippen LogP contribution in [0.3, 0.4) is 0 Å². The molecule has 0 aliphatic rings. The zero-order valence-electron chi connectivity index (χ0n) is 15.4. The van der Waals surface area contributed by atoms with Gasteiger partial charge in [-0.05, 0) is 19.8 Å². The van der Waals surface area contributed by atoms with Crippen LogP contribution in [-0.4, -0.2) is 70.3 Å². The lowest BCUT2D eigenvalue weighted by atomic mass is 10.2. The van der Waals surface area contributed by atoms with E-state index in [9.17, 15) is 14.4 Å². The number of ether oxygens (including phenoxy) is 3. The van der Waals surface area contributed by atoms with E-state index in [4.69, 9.17) is 14.2 Å². The molecule has 25 heavy (non-hydrogen) atoms. The third-order valence-electron chi connectivity index (χ3n) is 3.08. The Balaban J connectivity index is 3.13. The van der Waals surface area contributed by atoms with E-state index in [1.807, 2.05) is 0 Å². The van der Waals surface area contributed by atoms with Crippen LogP contribution in [0.4, 0.5) is 0 Å². The van der Waals surface area contributed by atoms with Crippen molar-refractivity contribution in [2.24, 2.45) is 0 Å². The van der Waals surface area contributed by atoms with Crippen molar-refractivity contribution in [1.82, 2.24) is 10.6 Å². The van der Waals surface area contributed by atoms with Gasteiger partial charge in [-0.15, -0.1) is 0 Å². The molecule has 0 bridgehead atoms. The van der Waals surface area contributed by atoms with E-state index in [1.165, 1.54) is 13.8 Å². The highest BCUT2D eigenvalue weighted by atomic mass is 16.5. The van der Waals surface area contributed by atoms with Crippen LogP contribution in [0.25, 0.3) is 0 Å². The molecule has 0 atom stereocenters. The molecule has 0 heterocycles. The maximum absolute atomic E-state index is 11.3. The van der Waals surface area contributed by atoms with E-state index in [0.717, 1.165) is 12.8 Å².